The molecule has 0 radical (unpaired) electrons. The summed E-state index contributed by atoms with van der Waals surface area (Å²) in [4.78, 5) is 43.0. The minimum absolute atomic E-state index is 0.123. The monoisotopic (exact) mass is 326 g/mol. The Balaban J connectivity index is 1.93. The fourth-order valence-electron chi connectivity index (χ4n) is 4.95. The molecule has 126 valence electrons. The molecule has 5 rings (SSSR count). The van der Waals surface area contributed by atoms with E-state index in [2.05, 4.69) is 6.92 Å². The van der Waals surface area contributed by atoms with Crippen LogP contribution in [-0.2, 0) is 4.79 Å². The first-order valence-corrected chi connectivity index (χ1v) is 8.63. The van der Waals surface area contributed by atoms with Crippen LogP contribution >= 0.6 is 0 Å². The molecular formula is C19H22N2O3. The standard InChI is InChI=1S/C19H22N2O3/c1-3-8-19-11-20-9-18(2,17(19)24)10-21(12-19)16(23)14-7-5-4-6-13(14)15(20)22/h4-7H,3,8-12H2,1-2H3. The number of rotatable bonds is 2. The molecule has 4 heterocycles. The summed E-state index contributed by atoms with van der Waals surface area (Å²) in [5.41, 5.74) is -0.372. The highest BCUT2D eigenvalue weighted by atomic mass is 16.2. The van der Waals surface area contributed by atoms with E-state index in [0.717, 1.165) is 6.42 Å². The predicted molar refractivity (Wildman–Crippen MR) is 88.7 cm³/mol. The zero-order valence-corrected chi connectivity index (χ0v) is 14.2. The van der Waals surface area contributed by atoms with Gasteiger partial charge in [0.1, 0.15) is 0 Å². The summed E-state index contributed by atoms with van der Waals surface area (Å²) >= 11 is 0. The third-order valence-corrected chi connectivity index (χ3v) is 5.79. The zero-order chi connectivity index (χ0) is 17.1. The van der Waals surface area contributed by atoms with Crippen LogP contribution in [0.25, 0.3) is 0 Å². The molecule has 1 aromatic carbocycles. The lowest BCUT2D eigenvalue weighted by Gasteiger charge is -2.55. The van der Waals surface area contributed by atoms with Crippen molar-refractivity contribution in [3.63, 3.8) is 0 Å². The van der Waals surface area contributed by atoms with Gasteiger partial charge in [-0.3, -0.25) is 14.4 Å². The Morgan fingerprint density at radius 3 is 1.88 bits per heavy atom. The van der Waals surface area contributed by atoms with Crippen LogP contribution in [-0.4, -0.2) is 53.6 Å². The normalized spacial score (nSPS) is 31.8. The molecule has 1 aromatic rings. The third kappa shape index (κ3) is 1.90. The smallest absolute Gasteiger partial charge is 0.254 e. The Kier molecular flexibility index (Phi) is 3.15. The van der Waals surface area contributed by atoms with Gasteiger partial charge in [-0.15, -0.1) is 0 Å². The third-order valence-electron chi connectivity index (χ3n) is 5.79. The van der Waals surface area contributed by atoms with Gasteiger partial charge in [0.25, 0.3) is 11.8 Å². The Hall–Kier alpha value is -2.17. The van der Waals surface area contributed by atoms with Crippen molar-refractivity contribution >= 4 is 17.6 Å². The van der Waals surface area contributed by atoms with Gasteiger partial charge in [0, 0.05) is 26.2 Å². The minimum Gasteiger partial charge on any atom is -0.336 e. The van der Waals surface area contributed by atoms with E-state index < -0.39 is 10.8 Å². The van der Waals surface area contributed by atoms with Crippen molar-refractivity contribution in [1.82, 2.24) is 9.80 Å². The van der Waals surface area contributed by atoms with Crippen LogP contribution in [0.3, 0.4) is 0 Å². The molecule has 4 aliphatic rings. The van der Waals surface area contributed by atoms with Crippen molar-refractivity contribution in [1.29, 1.82) is 0 Å². The first kappa shape index (κ1) is 15.4. The number of amides is 2. The summed E-state index contributed by atoms with van der Waals surface area (Å²) in [5, 5.41) is 0. The Morgan fingerprint density at radius 2 is 1.42 bits per heavy atom. The highest BCUT2D eigenvalue weighted by Gasteiger charge is 2.59. The number of Topliss-reactive ketones (excluding diaryl/α,β-unsaturated/α-hetero) is 1. The number of carbonyl (C=O) groups excluding carboxylic acids is 3. The Morgan fingerprint density at radius 1 is 0.917 bits per heavy atom. The molecule has 2 saturated heterocycles. The Labute approximate surface area is 141 Å². The van der Waals surface area contributed by atoms with Gasteiger partial charge in [-0.1, -0.05) is 25.5 Å². The van der Waals surface area contributed by atoms with Crippen molar-refractivity contribution in [3.05, 3.63) is 35.4 Å². The first-order chi connectivity index (χ1) is 11.4. The summed E-state index contributed by atoms with van der Waals surface area (Å²) in [7, 11) is 0. The predicted octanol–water partition coefficient (Wildman–Crippen LogP) is 1.97. The van der Waals surface area contributed by atoms with Gasteiger partial charge in [0.15, 0.2) is 5.78 Å². The topological polar surface area (TPSA) is 57.7 Å². The van der Waals surface area contributed by atoms with E-state index in [-0.39, 0.29) is 17.6 Å². The summed E-state index contributed by atoms with van der Waals surface area (Å²) < 4.78 is 0. The van der Waals surface area contributed by atoms with Crippen molar-refractivity contribution < 1.29 is 14.4 Å². The van der Waals surface area contributed by atoms with Crippen LogP contribution < -0.4 is 0 Å². The maximum absolute atomic E-state index is 13.2. The number of carbonyl (C=O) groups is 3. The van der Waals surface area contributed by atoms with E-state index in [0.29, 0.717) is 43.7 Å². The average molecular weight is 326 g/mol. The second-order valence-corrected chi connectivity index (χ2v) is 7.79. The second-order valence-electron chi connectivity index (χ2n) is 7.79. The van der Waals surface area contributed by atoms with Crippen LogP contribution in [0.2, 0.25) is 0 Å². The van der Waals surface area contributed by atoms with E-state index in [1.165, 1.54) is 0 Å². The van der Waals surface area contributed by atoms with E-state index in [1.54, 1.807) is 24.3 Å². The lowest BCUT2D eigenvalue weighted by atomic mass is 9.61. The largest absolute Gasteiger partial charge is 0.336 e. The van der Waals surface area contributed by atoms with Crippen molar-refractivity contribution in [3.8, 4) is 0 Å². The van der Waals surface area contributed by atoms with Gasteiger partial charge in [-0.25, -0.2) is 0 Å². The molecule has 5 nitrogen and oxygen atoms in total. The Bertz CT molecular complexity index is 708. The maximum atomic E-state index is 13.2. The molecule has 5 heteroatoms. The number of ketones is 1. The fraction of sp³-hybridized carbons (Fsp3) is 0.526. The molecule has 0 spiro atoms. The lowest BCUT2D eigenvalue weighted by molar-refractivity contribution is -0.155. The van der Waals surface area contributed by atoms with E-state index in [4.69, 9.17) is 0 Å². The number of hydrogen-bond donors (Lipinski definition) is 0. The van der Waals surface area contributed by atoms with Gasteiger partial charge in [-0.2, -0.15) is 0 Å². The zero-order valence-electron chi connectivity index (χ0n) is 14.2. The summed E-state index contributed by atoms with van der Waals surface area (Å²) in [6.45, 7) is 5.60. The molecule has 4 bridgehead atoms. The highest BCUT2D eigenvalue weighted by Crippen LogP contribution is 2.46. The summed E-state index contributed by atoms with van der Waals surface area (Å²) in [6.07, 6.45) is 1.57. The molecule has 4 aliphatic heterocycles. The number of nitrogens with zero attached hydrogens (tertiary/aromatic N) is 2. The molecule has 0 saturated carbocycles. The SMILES string of the molecule is CCCC12CN3CC(C)(CN(C1)C(=O)c1ccccc1C3=O)C2=O. The highest BCUT2D eigenvalue weighted by molar-refractivity contribution is 6.09. The molecular weight excluding hydrogens is 304 g/mol. The molecule has 0 atom stereocenters. The van der Waals surface area contributed by atoms with E-state index in [9.17, 15) is 14.4 Å². The lowest BCUT2D eigenvalue weighted by Crippen LogP contribution is -2.69. The second kappa shape index (κ2) is 4.91. The summed E-state index contributed by atoms with van der Waals surface area (Å²) in [6, 6.07) is 7.02. The van der Waals surface area contributed by atoms with Gasteiger partial charge in [-0.05, 0) is 25.5 Å². The number of hydrogen-bond acceptors (Lipinski definition) is 3. The van der Waals surface area contributed by atoms with Crippen LogP contribution in [0.1, 0.15) is 47.4 Å². The minimum atomic E-state index is -0.668. The first-order valence-electron chi connectivity index (χ1n) is 8.63. The van der Waals surface area contributed by atoms with Crippen LogP contribution in [0.15, 0.2) is 24.3 Å². The fourth-order valence-corrected chi connectivity index (χ4v) is 4.95. The van der Waals surface area contributed by atoms with Crippen molar-refractivity contribution in [2.24, 2.45) is 10.8 Å². The number of piperidine rings is 2. The van der Waals surface area contributed by atoms with Crippen LogP contribution in [0.4, 0.5) is 0 Å². The van der Waals surface area contributed by atoms with Crippen molar-refractivity contribution in [2.75, 3.05) is 26.2 Å². The molecule has 0 N–H and O–H groups in total. The molecule has 0 aliphatic carbocycles. The summed E-state index contributed by atoms with van der Waals surface area (Å²) in [5.74, 6) is -0.0142. The van der Waals surface area contributed by atoms with Gasteiger partial charge >= 0.3 is 0 Å². The molecule has 0 unspecified atom stereocenters. The number of benzene rings is 1. The van der Waals surface area contributed by atoms with Gasteiger partial charge < -0.3 is 9.80 Å². The van der Waals surface area contributed by atoms with E-state index in [1.807, 2.05) is 16.7 Å². The molecule has 2 amide bonds. The average Bonchev–Trinajstić information content (AvgIpc) is 2.59. The quantitative estimate of drug-likeness (QED) is 0.835. The maximum Gasteiger partial charge on any atom is 0.254 e. The van der Waals surface area contributed by atoms with Crippen LogP contribution in [0, 0.1) is 10.8 Å². The molecule has 2 fully saturated rings. The molecule has 24 heavy (non-hydrogen) atoms. The van der Waals surface area contributed by atoms with Crippen molar-refractivity contribution in [2.45, 2.75) is 26.7 Å². The van der Waals surface area contributed by atoms with Gasteiger partial charge in [0.05, 0.1) is 22.0 Å². The van der Waals surface area contributed by atoms with Gasteiger partial charge in [0.2, 0.25) is 0 Å². The molecule has 0 aromatic heterocycles. The van der Waals surface area contributed by atoms with E-state index >= 15 is 0 Å². The van der Waals surface area contributed by atoms with Crippen LogP contribution in [0.5, 0.6) is 0 Å².